The monoisotopic (exact) mass is 230 g/mol. The summed E-state index contributed by atoms with van der Waals surface area (Å²) in [4.78, 5) is 13.6. The van der Waals surface area contributed by atoms with Crippen molar-refractivity contribution in [2.75, 3.05) is 20.1 Å². The Morgan fingerprint density at radius 2 is 2.19 bits per heavy atom. The first kappa shape index (κ1) is 13.3. The maximum Gasteiger partial charge on any atom is 0.410 e. The number of carbonyl (C=O) groups is 1. The van der Waals surface area contributed by atoms with E-state index in [0.717, 1.165) is 17.9 Å². The van der Waals surface area contributed by atoms with Crippen LogP contribution in [-0.2, 0) is 4.74 Å². The van der Waals surface area contributed by atoms with Gasteiger partial charge in [0.05, 0.1) is 6.04 Å². The zero-order valence-electron chi connectivity index (χ0n) is 10.6. The van der Waals surface area contributed by atoms with Gasteiger partial charge in [0.2, 0.25) is 0 Å². The average molecular weight is 230 g/mol. The van der Waals surface area contributed by atoms with Gasteiger partial charge in [0, 0.05) is 20.1 Å². The molecule has 0 aromatic heterocycles. The Labute approximate surface area is 96.9 Å². The van der Waals surface area contributed by atoms with E-state index < -0.39 is 5.60 Å². The van der Waals surface area contributed by atoms with Crippen molar-refractivity contribution in [1.29, 1.82) is 0 Å². The van der Waals surface area contributed by atoms with Gasteiger partial charge in [0.1, 0.15) is 5.60 Å². The van der Waals surface area contributed by atoms with Crippen molar-refractivity contribution >= 4 is 6.09 Å². The quantitative estimate of drug-likeness (QED) is 0.734. The second-order valence-corrected chi connectivity index (χ2v) is 5.31. The highest BCUT2D eigenvalue weighted by atomic mass is 16.6. The van der Waals surface area contributed by atoms with E-state index in [2.05, 4.69) is 0 Å². The molecule has 0 aromatic carbocycles. The van der Waals surface area contributed by atoms with E-state index in [1.165, 1.54) is 0 Å². The molecule has 1 unspecified atom stereocenters. The van der Waals surface area contributed by atoms with Crippen molar-refractivity contribution in [3.8, 4) is 0 Å². The zero-order chi connectivity index (χ0) is 12.3. The van der Waals surface area contributed by atoms with Gasteiger partial charge in [0.15, 0.2) is 0 Å². The van der Waals surface area contributed by atoms with Crippen molar-refractivity contribution in [3.63, 3.8) is 0 Å². The molecule has 1 N–H and O–H groups in total. The summed E-state index contributed by atoms with van der Waals surface area (Å²) < 4.78 is 5.32. The number of hydrogen-bond donors (Lipinski definition) is 1. The van der Waals surface area contributed by atoms with E-state index in [9.17, 15) is 10.0 Å². The number of ether oxygens (including phenoxy) is 1. The summed E-state index contributed by atoms with van der Waals surface area (Å²) in [6, 6.07) is 0.0600. The summed E-state index contributed by atoms with van der Waals surface area (Å²) >= 11 is 0. The lowest BCUT2D eigenvalue weighted by Crippen LogP contribution is -2.43. The number of likely N-dealkylation sites (tertiary alicyclic amines) is 1. The van der Waals surface area contributed by atoms with Gasteiger partial charge < -0.3 is 14.8 Å². The van der Waals surface area contributed by atoms with Gasteiger partial charge in [-0.25, -0.2) is 4.79 Å². The van der Waals surface area contributed by atoms with Crippen molar-refractivity contribution in [2.45, 2.75) is 45.3 Å². The first-order valence-corrected chi connectivity index (χ1v) is 5.69. The second kappa shape index (κ2) is 5.01. The van der Waals surface area contributed by atoms with Crippen LogP contribution in [0.2, 0.25) is 0 Å². The Balaban J connectivity index is 2.54. The number of amides is 1. The van der Waals surface area contributed by atoms with Gasteiger partial charge in [-0.15, -0.1) is 0 Å². The Hall–Kier alpha value is -0.810. The number of rotatable bonds is 2. The minimum atomic E-state index is -0.463. The molecule has 1 atom stereocenters. The van der Waals surface area contributed by atoms with Crippen LogP contribution in [-0.4, -0.2) is 53.0 Å². The molecule has 1 saturated heterocycles. The molecule has 16 heavy (non-hydrogen) atoms. The molecular weight excluding hydrogens is 208 g/mol. The minimum absolute atomic E-state index is 0.0600. The third-order valence-corrected chi connectivity index (χ3v) is 2.48. The highest BCUT2D eigenvalue weighted by Gasteiger charge is 2.32. The zero-order valence-corrected chi connectivity index (χ0v) is 10.6. The number of hydrogen-bond acceptors (Lipinski definition) is 4. The van der Waals surface area contributed by atoms with Gasteiger partial charge >= 0.3 is 6.09 Å². The molecule has 1 fully saturated rings. The third-order valence-electron chi connectivity index (χ3n) is 2.48. The van der Waals surface area contributed by atoms with Crippen LogP contribution in [0.25, 0.3) is 0 Å². The number of carbonyl (C=O) groups excluding carboxylic acids is 1. The largest absolute Gasteiger partial charge is 0.444 e. The molecule has 0 aromatic rings. The van der Waals surface area contributed by atoms with Crippen LogP contribution in [0.15, 0.2) is 0 Å². The van der Waals surface area contributed by atoms with Crippen LogP contribution in [0.1, 0.15) is 33.6 Å². The Morgan fingerprint density at radius 3 is 2.69 bits per heavy atom. The fourth-order valence-corrected chi connectivity index (χ4v) is 1.89. The first-order chi connectivity index (χ1) is 7.29. The van der Waals surface area contributed by atoms with Gasteiger partial charge in [-0.2, -0.15) is 5.06 Å². The highest BCUT2D eigenvalue weighted by molar-refractivity contribution is 5.68. The topological polar surface area (TPSA) is 53.0 Å². The molecule has 0 aliphatic carbocycles. The Morgan fingerprint density at radius 1 is 1.56 bits per heavy atom. The van der Waals surface area contributed by atoms with Crippen LogP contribution < -0.4 is 0 Å². The maximum absolute atomic E-state index is 11.9. The Bertz CT molecular complexity index is 248. The number of likely N-dealkylation sites (N-methyl/N-ethyl adjacent to an activating group) is 1. The number of nitrogens with zero attached hydrogens (tertiary/aromatic N) is 2. The van der Waals surface area contributed by atoms with Crippen LogP contribution in [0.5, 0.6) is 0 Å². The van der Waals surface area contributed by atoms with Gasteiger partial charge in [0.25, 0.3) is 0 Å². The summed E-state index contributed by atoms with van der Waals surface area (Å²) in [5, 5.41) is 10.3. The predicted octanol–water partition coefficient (Wildman–Crippen LogP) is 1.71. The van der Waals surface area contributed by atoms with Crippen LogP contribution in [0.3, 0.4) is 0 Å². The van der Waals surface area contributed by atoms with E-state index in [4.69, 9.17) is 4.74 Å². The average Bonchev–Trinajstić information content (AvgIpc) is 2.47. The molecule has 0 spiro atoms. The minimum Gasteiger partial charge on any atom is -0.444 e. The third kappa shape index (κ3) is 3.98. The van der Waals surface area contributed by atoms with Crippen molar-refractivity contribution in [2.24, 2.45) is 0 Å². The lowest BCUT2D eigenvalue weighted by molar-refractivity contribution is -0.0787. The van der Waals surface area contributed by atoms with Crippen molar-refractivity contribution in [3.05, 3.63) is 0 Å². The summed E-state index contributed by atoms with van der Waals surface area (Å²) in [6.45, 7) is 6.75. The first-order valence-electron chi connectivity index (χ1n) is 5.69. The second-order valence-electron chi connectivity index (χ2n) is 5.31. The Kier molecular flexibility index (Phi) is 4.15. The van der Waals surface area contributed by atoms with E-state index in [1.807, 2.05) is 20.8 Å². The maximum atomic E-state index is 11.9. The summed E-state index contributed by atoms with van der Waals surface area (Å²) in [7, 11) is 1.59. The smallest absolute Gasteiger partial charge is 0.410 e. The molecule has 1 aliphatic rings. The molecule has 0 saturated carbocycles. The summed E-state index contributed by atoms with van der Waals surface area (Å²) in [6.07, 6.45) is 1.61. The molecule has 0 radical (unpaired) electrons. The fraction of sp³-hybridized carbons (Fsp3) is 0.909. The summed E-state index contributed by atoms with van der Waals surface area (Å²) in [5.41, 5.74) is -0.463. The molecular formula is C11H22N2O3. The highest BCUT2D eigenvalue weighted by Crippen LogP contribution is 2.20. The molecule has 5 nitrogen and oxygen atoms in total. The van der Waals surface area contributed by atoms with Crippen LogP contribution in [0.4, 0.5) is 4.79 Å². The molecule has 1 rings (SSSR count). The van der Waals surface area contributed by atoms with Crippen LogP contribution >= 0.6 is 0 Å². The normalized spacial score (nSPS) is 21.6. The lowest BCUT2D eigenvalue weighted by Gasteiger charge is -2.29. The van der Waals surface area contributed by atoms with Gasteiger partial charge in [-0.1, -0.05) is 0 Å². The van der Waals surface area contributed by atoms with E-state index in [-0.39, 0.29) is 12.1 Å². The standard InChI is InChI=1S/C11H22N2O3/c1-11(2,3)16-10(14)13-7-5-6-9(13)8-12(4)15/h9,15H,5-8H2,1-4H3. The predicted molar refractivity (Wildman–Crippen MR) is 60.4 cm³/mol. The molecule has 0 bridgehead atoms. The van der Waals surface area contributed by atoms with E-state index in [1.54, 1.807) is 11.9 Å². The van der Waals surface area contributed by atoms with Gasteiger partial charge in [-0.3, -0.25) is 0 Å². The molecule has 1 amide bonds. The van der Waals surface area contributed by atoms with E-state index in [0.29, 0.717) is 13.1 Å². The van der Waals surface area contributed by atoms with Crippen LogP contribution in [0, 0.1) is 0 Å². The van der Waals surface area contributed by atoms with Crippen molar-refractivity contribution in [1.82, 2.24) is 9.96 Å². The molecule has 5 heteroatoms. The van der Waals surface area contributed by atoms with Gasteiger partial charge in [-0.05, 0) is 33.6 Å². The molecule has 1 aliphatic heterocycles. The molecule has 94 valence electrons. The van der Waals surface area contributed by atoms with E-state index >= 15 is 0 Å². The lowest BCUT2D eigenvalue weighted by atomic mass is 10.2. The fourth-order valence-electron chi connectivity index (χ4n) is 1.89. The SMILES string of the molecule is CN(O)CC1CCCN1C(=O)OC(C)(C)C. The van der Waals surface area contributed by atoms with Crippen molar-refractivity contribution < 1.29 is 14.7 Å². The molecule has 1 heterocycles. The number of hydroxylamine groups is 2. The summed E-state index contributed by atoms with van der Waals surface area (Å²) in [5.74, 6) is 0.